The van der Waals surface area contributed by atoms with Gasteiger partial charge in [0.1, 0.15) is 5.76 Å². The van der Waals surface area contributed by atoms with Gasteiger partial charge in [0.05, 0.1) is 35.1 Å². The number of morpholine rings is 1. The number of rotatable bonds is 5. The molecule has 0 atom stereocenters. The van der Waals surface area contributed by atoms with Crippen LogP contribution < -0.4 is 15.5 Å². The van der Waals surface area contributed by atoms with Crippen LogP contribution in [0.4, 0.5) is 17.1 Å². The van der Waals surface area contributed by atoms with E-state index in [1.807, 2.05) is 24.3 Å². The van der Waals surface area contributed by atoms with Gasteiger partial charge in [-0.2, -0.15) is 0 Å². The third kappa shape index (κ3) is 4.76. The zero-order valence-corrected chi connectivity index (χ0v) is 17.8. The second-order valence-corrected chi connectivity index (χ2v) is 7.37. The Morgan fingerprint density at radius 2 is 1.75 bits per heavy atom. The van der Waals surface area contributed by atoms with Gasteiger partial charge in [0, 0.05) is 19.2 Å². The van der Waals surface area contributed by atoms with Crippen molar-refractivity contribution in [2.75, 3.05) is 36.5 Å². The van der Waals surface area contributed by atoms with Gasteiger partial charge in [-0.25, -0.2) is 0 Å². The van der Waals surface area contributed by atoms with Crippen LogP contribution in [0.3, 0.4) is 0 Å². The molecule has 2 N–H and O–H groups in total. The molecule has 1 aliphatic rings. The van der Waals surface area contributed by atoms with Crippen LogP contribution in [0.2, 0.25) is 0 Å². The minimum Gasteiger partial charge on any atom is -0.451 e. The van der Waals surface area contributed by atoms with Crippen LogP contribution in [0.1, 0.15) is 10.6 Å². The Kier molecular flexibility index (Phi) is 6.43. The molecule has 1 aromatic heterocycles. The first kappa shape index (κ1) is 21.5. The SMILES string of the molecule is O=C(NC(=S)Nc1ccccc1N1CCOCC1)c1ccc(-c2ccccc2[N+](=O)[O-])o1. The van der Waals surface area contributed by atoms with E-state index in [-0.39, 0.29) is 27.9 Å². The zero-order valence-electron chi connectivity index (χ0n) is 16.9. The second kappa shape index (κ2) is 9.58. The monoisotopic (exact) mass is 452 g/mol. The molecule has 32 heavy (non-hydrogen) atoms. The summed E-state index contributed by atoms with van der Waals surface area (Å²) in [6, 6.07) is 16.8. The summed E-state index contributed by atoms with van der Waals surface area (Å²) in [4.78, 5) is 25.5. The predicted molar refractivity (Wildman–Crippen MR) is 124 cm³/mol. The molecule has 164 valence electrons. The molecule has 0 spiro atoms. The van der Waals surface area contributed by atoms with Crippen molar-refractivity contribution >= 4 is 40.3 Å². The van der Waals surface area contributed by atoms with E-state index in [4.69, 9.17) is 21.4 Å². The van der Waals surface area contributed by atoms with Gasteiger partial charge in [0.15, 0.2) is 10.9 Å². The summed E-state index contributed by atoms with van der Waals surface area (Å²) in [6.45, 7) is 2.82. The zero-order chi connectivity index (χ0) is 22.5. The van der Waals surface area contributed by atoms with Gasteiger partial charge >= 0.3 is 0 Å². The Balaban J connectivity index is 1.45. The Morgan fingerprint density at radius 3 is 2.53 bits per heavy atom. The van der Waals surface area contributed by atoms with Crippen molar-refractivity contribution in [1.82, 2.24) is 5.32 Å². The number of ether oxygens (including phenoxy) is 1. The number of anilines is 2. The number of amides is 1. The topological polar surface area (TPSA) is 110 Å². The van der Waals surface area contributed by atoms with Gasteiger partial charge < -0.3 is 19.4 Å². The number of thiocarbonyl (C=S) groups is 1. The van der Waals surface area contributed by atoms with Crippen molar-refractivity contribution in [1.29, 1.82) is 0 Å². The highest BCUT2D eigenvalue weighted by molar-refractivity contribution is 7.80. The van der Waals surface area contributed by atoms with Crippen molar-refractivity contribution < 1.29 is 18.9 Å². The molecule has 1 fully saturated rings. The average Bonchev–Trinajstić information content (AvgIpc) is 3.30. The summed E-state index contributed by atoms with van der Waals surface area (Å²) < 4.78 is 11.0. The molecular formula is C22H20N4O5S. The van der Waals surface area contributed by atoms with E-state index in [1.165, 1.54) is 18.2 Å². The summed E-state index contributed by atoms with van der Waals surface area (Å²) in [5.74, 6) is -0.348. The maximum atomic E-state index is 12.6. The molecule has 10 heteroatoms. The van der Waals surface area contributed by atoms with Crippen LogP contribution in [0.15, 0.2) is 65.1 Å². The van der Waals surface area contributed by atoms with Crippen LogP contribution in [-0.2, 0) is 4.74 Å². The third-order valence-electron chi connectivity index (χ3n) is 4.93. The van der Waals surface area contributed by atoms with Crippen LogP contribution in [0.25, 0.3) is 11.3 Å². The molecule has 0 aliphatic carbocycles. The molecular weight excluding hydrogens is 432 g/mol. The first-order valence-corrected chi connectivity index (χ1v) is 10.3. The van der Waals surface area contributed by atoms with Crippen LogP contribution in [0, 0.1) is 10.1 Å². The van der Waals surface area contributed by atoms with Gasteiger partial charge in [-0.3, -0.25) is 20.2 Å². The van der Waals surface area contributed by atoms with E-state index in [0.717, 1.165) is 24.5 Å². The van der Waals surface area contributed by atoms with E-state index in [0.29, 0.717) is 13.2 Å². The number of nitro benzene ring substituents is 1. The average molecular weight is 452 g/mol. The largest absolute Gasteiger partial charge is 0.451 e. The fourth-order valence-corrected chi connectivity index (χ4v) is 3.63. The van der Waals surface area contributed by atoms with Crippen LogP contribution in [-0.4, -0.2) is 42.2 Å². The normalized spacial score (nSPS) is 13.4. The number of nitrogens with zero attached hydrogens (tertiary/aromatic N) is 2. The Hall–Kier alpha value is -3.76. The summed E-state index contributed by atoms with van der Waals surface area (Å²) in [5, 5.41) is 17.0. The maximum Gasteiger partial charge on any atom is 0.293 e. The minimum absolute atomic E-state index is 0.0104. The van der Waals surface area contributed by atoms with E-state index >= 15 is 0 Å². The van der Waals surface area contributed by atoms with E-state index in [9.17, 15) is 14.9 Å². The number of para-hydroxylation sites is 3. The highest BCUT2D eigenvalue weighted by Gasteiger charge is 2.20. The number of hydrogen-bond donors (Lipinski definition) is 2. The molecule has 0 unspecified atom stereocenters. The molecule has 1 aliphatic heterocycles. The lowest BCUT2D eigenvalue weighted by molar-refractivity contribution is -0.384. The summed E-state index contributed by atoms with van der Waals surface area (Å²) in [7, 11) is 0. The Bertz CT molecular complexity index is 1160. The van der Waals surface area contributed by atoms with Crippen molar-refractivity contribution in [3.63, 3.8) is 0 Å². The molecule has 9 nitrogen and oxygen atoms in total. The van der Waals surface area contributed by atoms with Crippen molar-refractivity contribution in [2.45, 2.75) is 0 Å². The van der Waals surface area contributed by atoms with Crippen LogP contribution in [0.5, 0.6) is 0 Å². The second-order valence-electron chi connectivity index (χ2n) is 6.96. The van der Waals surface area contributed by atoms with Crippen molar-refractivity contribution in [2.24, 2.45) is 0 Å². The first-order chi connectivity index (χ1) is 15.5. The van der Waals surface area contributed by atoms with E-state index in [1.54, 1.807) is 18.2 Å². The smallest absolute Gasteiger partial charge is 0.293 e. The minimum atomic E-state index is -0.559. The molecule has 1 amide bonds. The highest BCUT2D eigenvalue weighted by atomic mass is 32.1. The molecule has 2 heterocycles. The fraction of sp³-hybridized carbons (Fsp3) is 0.182. The first-order valence-electron chi connectivity index (χ1n) is 9.90. The maximum absolute atomic E-state index is 12.6. The quantitative estimate of drug-likeness (QED) is 0.342. The van der Waals surface area contributed by atoms with Crippen molar-refractivity contribution in [3.8, 4) is 11.3 Å². The molecule has 0 bridgehead atoms. The molecule has 0 radical (unpaired) electrons. The molecule has 2 aromatic carbocycles. The Morgan fingerprint density at radius 1 is 1.03 bits per heavy atom. The number of benzene rings is 2. The van der Waals surface area contributed by atoms with Gasteiger partial charge in [-0.15, -0.1) is 0 Å². The van der Waals surface area contributed by atoms with Gasteiger partial charge in [0.2, 0.25) is 0 Å². The lowest BCUT2D eigenvalue weighted by Crippen LogP contribution is -2.38. The number of nitro groups is 1. The summed E-state index contributed by atoms with van der Waals surface area (Å²) in [6.07, 6.45) is 0. The summed E-state index contributed by atoms with van der Waals surface area (Å²) >= 11 is 5.31. The highest BCUT2D eigenvalue weighted by Crippen LogP contribution is 2.31. The van der Waals surface area contributed by atoms with Gasteiger partial charge in [-0.1, -0.05) is 24.3 Å². The molecule has 1 saturated heterocycles. The number of nitrogens with one attached hydrogen (secondary N) is 2. The van der Waals surface area contributed by atoms with Gasteiger partial charge in [0.25, 0.3) is 11.6 Å². The number of carbonyl (C=O) groups is 1. The molecule has 0 saturated carbocycles. The third-order valence-corrected chi connectivity index (χ3v) is 5.13. The predicted octanol–water partition coefficient (Wildman–Crippen LogP) is 3.82. The summed E-state index contributed by atoms with van der Waals surface area (Å²) in [5.41, 5.74) is 1.91. The Labute approximate surface area is 189 Å². The van der Waals surface area contributed by atoms with E-state index < -0.39 is 10.8 Å². The van der Waals surface area contributed by atoms with Gasteiger partial charge in [-0.05, 0) is 42.5 Å². The van der Waals surface area contributed by atoms with Crippen molar-refractivity contribution in [3.05, 3.63) is 76.5 Å². The number of carbonyl (C=O) groups excluding carboxylic acids is 1. The standard InChI is InChI=1S/C22H20N4O5S/c27-21(20-10-9-19(31-20)15-5-1-3-7-17(15)26(28)29)24-22(32)23-16-6-2-4-8-18(16)25-11-13-30-14-12-25/h1-10H,11-14H2,(H2,23,24,27,32). The number of furan rings is 1. The van der Waals surface area contributed by atoms with E-state index in [2.05, 4.69) is 15.5 Å². The lowest BCUT2D eigenvalue weighted by Gasteiger charge is -2.30. The van der Waals surface area contributed by atoms with Crippen LogP contribution >= 0.6 is 12.2 Å². The molecule has 4 rings (SSSR count). The fourth-order valence-electron chi connectivity index (χ4n) is 3.42. The molecule has 3 aromatic rings. The number of hydrogen-bond acceptors (Lipinski definition) is 7. The lowest BCUT2D eigenvalue weighted by atomic mass is 10.1.